The van der Waals surface area contributed by atoms with E-state index in [1.165, 1.54) is 0 Å². The largest absolute Gasteiger partial charge is 0.354 e. The average Bonchev–Trinajstić information content (AvgIpc) is 2.80. The van der Waals surface area contributed by atoms with Gasteiger partial charge in [0.1, 0.15) is 5.82 Å². The number of aliphatic imine (C=N–C) groups is 1. The van der Waals surface area contributed by atoms with Gasteiger partial charge in [-0.1, -0.05) is 0 Å². The molecule has 1 aromatic rings. The monoisotopic (exact) mass is 221 g/mol. The van der Waals surface area contributed by atoms with Crippen LogP contribution in [0.2, 0.25) is 0 Å². The van der Waals surface area contributed by atoms with E-state index in [9.17, 15) is 0 Å². The summed E-state index contributed by atoms with van der Waals surface area (Å²) in [4.78, 5) is 10.9. The van der Waals surface area contributed by atoms with Gasteiger partial charge in [0.25, 0.3) is 0 Å². The van der Waals surface area contributed by atoms with Crippen LogP contribution in [-0.4, -0.2) is 36.1 Å². The van der Waals surface area contributed by atoms with Crippen molar-refractivity contribution in [3.63, 3.8) is 0 Å². The molecule has 1 aromatic heterocycles. The summed E-state index contributed by atoms with van der Waals surface area (Å²) in [5.74, 6) is 1.38. The number of guanidine groups is 1. The summed E-state index contributed by atoms with van der Waals surface area (Å²) in [7, 11) is 1.61. The van der Waals surface area contributed by atoms with E-state index in [1.54, 1.807) is 25.6 Å². The highest BCUT2D eigenvalue weighted by molar-refractivity contribution is 5.80. The molecule has 1 rings (SSSR count). The van der Waals surface area contributed by atoms with Gasteiger partial charge in [0, 0.05) is 32.5 Å². The number of hydrogen-bond acceptors (Lipinski definition) is 4. The van der Waals surface area contributed by atoms with Crippen LogP contribution in [0.1, 0.15) is 5.82 Å². The highest BCUT2D eigenvalue weighted by Gasteiger charge is 1.95. The lowest BCUT2D eigenvalue weighted by molar-refractivity contribution is 0.650. The van der Waals surface area contributed by atoms with Crippen molar-refractivity contribution in [3.8, 4) is 6.19 Å². The molecule has 0 saturated heterocycles. The molecular weight excluding hydrogens is 206 g/mol. The predicted octanol–water partition coefficient (Wildman–Crippen LogP) is -0.855. The Balaban J connectivity index is 2.06. The first kappa shape index (κ1) is 12.0. The van der Waals surface area contributed by atoms with Crippen molar-refractivity contribution in [2.45, 2.75) is 6.54 Å². The zero-order valence-electron chi connectivity index (χ0n) is 9.12. The number of nitrogens with zero attached hydrogens (tertiary/aromatic N) is 3. The quantitative estimate of drug-likeness (QED) is 0.170. The van der Waals surface area contributed by atoms with Gasteiger partial charge in [-0.25, -0.2) is 4.98 Å². The Bertz CT molecular complexity index is 348. The zero-order valence-corrected chi connectivity index (χ0v) is 9.12. The number of aromatic amines is 1. The smallest absolute Gasteiger partial charge is 0.204 e. The molecule has 0 radical (unpaired) electrons. The summed E-state index contributed by atoms with van der Waals surface area (Å²) < 4.78 is 0. The Morgan fingerprint density at radius 2 is 2.50 bits per heavy atom. The van der Waals surface area contributed by atoms with Crippen LogP contribution >= 0.6 is 0 Å². The Morgan fingerprint density at radius 3 is 3.12 bits per heavy atom. The third kappa shape index (κ3) is 4.43. The van der Waals surface area contributed by atoms with Gasteiger partial charge in [0.15, 0.2) is 6.19 Å². The van der Waals surface area contributed by atoms with E-state index in [-0.39, 0.29) is 0 Å². The predicted molar refractivity (Wildman–Crippen MR) is 60.4 cm³/mol. The number of H-pyrrole nitrogens is 1. The van der Waals surface area contributed by atoms with Gasteiger partial charge >= 0.3 is 0 Å². The molecule has 0 saturated carbocycles. The van der Waals surface area contributed by atoms with Crippen molar-refractivity contribution in [3.05, 3.63) is 18.2 Å². The SMILES string of the molecule is CN=C(NC#N)NCCNCc1ncc[nH]1. The molecule has 4 N–H and O–H groups in total. The molecule has 0 spiro atoms. The molecule has 0 amide bonds. The van der Waals surface area contributed by atoms with Gasteiger partial charge in [-0.15, -0.1) is 0 Å². The van der Waals surface area contributed by atoms with Crippen LogP contribution in [0, 0.1) is 11.5 Å². The van der Waals surface area contributed by atoms with Gasteiger partial charge < -0.3 is 15.6 Å². The second-order valence-electron chi connectivity index (χ2n) is 2.95. The van der Waals surface area contributed by atoms with E-state index in [4.69, 9.17) is 5.26 Å². The lowest BCUT2D eigenvalue weighted by atomic mass is 10.5. The zero-order chi connectivity index (χ0) is 11.6. The molecule has 0 aliphatic heterocycles. The van der Waals surface area contributed by atoms with Gasteiger partial charge in [-0.05, 0) is 0 Å². The average molecular weight is 221 g/mol. The number of imidazole rings is 1. The maximum Gasteiger partial charge on any atom is 0.204 e. The molecule has 1 heterocycles. The van der Waals surface area contributed by atoms with Crippen LogP contribution in [0.3, 0.4) is 0 Å². The van der Waals surface area contributed by atoms with Crippen molar-refractivity contribution < 1.29 is 0 Å². The van der Waals surface area contributed by atoms with E-state index in [0.29, 0.717) is 19.0 Å². The molecule has 7 heteroatoms. The molecule has 0 aliphatic carbocycles. The fourth-order valence-electron chi connectivity index (χ4n) is 1.10. The maximum absolute atomic E-state index is 8.39. The molecule has 7 nitrogen and oxygen atoms in total. The standard InChI is InChI=1S/C9H15N7/c1-11-9(16-7-10)15-3-2-12-6-8-13-4-5-14-8/h4-5,12H,2-3,6H2,1H3,(H,13,14)(H2,11,15,16). The summed E-state index contributed by atoms with van der Waals surface area (Å²) >= 11 is 0. The Labute approximate surface area is 94.0 Å². The van der Waals surface area contributed by atoms with E-state index in [2.05, 4.69) is 30.9 Å². The highest BCUT2D eigenvalue weighted by atomic mass is 15.2. The van der Waals surface area contributed by atoms with E-state index in [0.717, 1.165) is 12.4 Å². The van der Waals surface area contributed by atoms with Crippen LogP contribution in [0.4, 0.5) is 0 Å². The minimum Gasteiger partial charge on any atom is -0.354 e. The summed E-state index contributed by atoms with van der Waals surface area (Å²) in [5.41, 5.74) is 0. The number of nitriles is 1. The van der Waals surface area contributed by atoms with Crippen molar-refractivity contribution in [2.24, 2.45) is 4.99 Å². The van der Waals surface area contributed by atoms with Gasteiger partial charge in [0.2, 0.25) is 5.96 Å². The van der Waals surface area contributed by atoms with Gasteiger partial charge in [0.05, 0.1) is 6.54 Å². The Morgan fingerprint density at radius 1 is 1.62 bits per heavy atom. The molecule has 16 heavy (non-hydrogen) atoms. The molecule has 86 valence electrons. The van der Waals surface area contributed by atoms with Crippen LogP contribution in [0.25, 0.3) is 0 Å². The molecule has 0 aromatic carbocycles. The van der Waals surface area contributed by atoms with Crippen LogP contribution in [-0.2, 0) is 6.54 Å². The lowest BCUT2D eigenvalue weighted by Crippen LogP contribution is -2.38. The minimum absolute atomic E-state index is 0.474. The number of hydrogen-bond donors (Lipinski definition) is 4. The maximum atomic E-state index is 8.39. The first-order valence-electron chi connectivity index (χ1n) is 4.91. The molecule has 0 fully saturated rings. The second-order valence-corrected chi connectivity index (χ2v) is 2.95. The Hall–Kier alpha value is -2.07. The highest BCUT2D eigenvalue weighted by Crippen LogP contribution is 1.85. The van der Waals surface area contributed by atoms with Crippen molar-refractivity contribution in [1.82, 2.24) is 25.9 Å². The van der Waals surface area contributed by atoms with Crippen LogP contribution in [0.15, 0.2) is 17.4 Å². The Kier molecular flexibility index (Phi) is 5.44. The summed E-state index contributed by atoms with van der Waals surface area (Å²) in [6.45, 7) is 2.13. The first-order chi connectivity index (χ1) is 7.86. The number of rotatable bonds is 5. The third-order valence-electron chi connectivity index (χ3n) is 1.84. The molecule has 0 atom stereocenters. The molecule has 0 unspecified atom stereocenters. The minimum atomic E-state index is 0.474. The van der Waals surface area contributed by atoms with E-state index >= 15 is 0 Å². The second kappa shape index (κ2) is 7.25. The fourth-order valence-corrected chi connectivity index (χ4v) is 1.10. The van der Waals surface area contributed by atoms with E-state index < -0.39 is 0 Å². The van der Waals surface area contributed by atoms with Crippen molar-refractivity contribution in [1.29, 1.82) is 5.26 Å². The summed E-state index contributed by atoms with van der Waals surface area (Å²) in [6, 6.07) is 0. The molecule has 0 aliphatic rings. The molecular formula is C9H15N7. The normalized spacial score (nSPS) is 10.9. The topological polar surface area (TPSA) is 101 Å². The van der Waals surface area contributed by atoms with E-state index in [1.807, 2.05) is 0 Å². The van der Waals surface area contributed by atoms with Crippen molar-refractivity contribution in [2.75, 3.05) is 20.1 Å². The van der Waals surface area contributed by atoms with Gasteiger partial charge in [-0.3, -0.25) is 10.3 Å². The first-order valence-corrected chi connectivity index (χ1v) is 4.91. The summed E-state index contributed by atoms with van der Waals surface area (Å²) in [5, 5.41) is 17.0. The summed E-state index contributed by atoms with van der Waals surface area (Å²) in [6.07, 6.45) is 5.31. The lowest BCUT2D eigenvalue weighted by Gasteiger charge is -2.07. The third-order valence-corrected chi connectivity index (χ3v) is 1.84. The van der Waals surface area contributed by atoms with Gasteiger partial charge in [-0.2, -0.15) is 5.26 Å². The van der Waals surface area contributed by atoms with Crippen molar-refractivity contribution >= 4 is 5.96 Å². The van der Waals surface area contributed by atoms with Crippen LogP contribution in [0.5, 0.6) is 0 Å². The molecule has 0 bridgehead atoms. The van der Waals surface area contributed by atoms with Crippen LogP contribution < -0.4 is 16.0 Å². The number of nitrogens with one attached hydrogen (secondary N) is 4. The fraction of sp³-hybridized carbons (Fsp3) is 0.444. The number of aromatic nitrogens is 2.